The molecule has 0 saturated carbocycles. The van der Waals surface area contributed by atoms with Gasteiger partial charge in [-0.1, -0.05) is 36.4 Å². The highest BCUT2D eigenvalue weighted by atomic mass is 32.2. The van der Waals surface area contributed by atoms with Crippen molar-refractivity contribution in [3.63, 3.8) is 0 Å². The Hall–Kier alpha value is -2.47. The molecule has 3 atom stereocenters. The molecular formula is C26H34N2O7S. The van der Waals surface area contributed by atoms with Gasteiger partial charge >= 0.3 is 0 Å². The molecular weight excluding hydrogens is 484 g/mol. The summed E-state index contributed by atoms with van der Waals surface area (Å²) in [5.41, 5.74) is 4.81. The minimum atomic E-state index is -0.630. The summed E-state index contributed by atoms with van der Waals surface area (Å²) in [6.07, 6.45) is 1.19. The number of aliphatic hydroxyl groups excluding tert-OH is 2. The van der Waals surface area contributed by atoms with Gasteiger partial charge in [0.15, 0.2) is 6.29 Å². The Morgan fingerprint density at radius 2 is 1.72 bits per heavy atom. The van der Waals surface area contributed by atoms with Gasteiger partial charge in [0, 0.05) is 42.0 Å². The number of thioether (sulfide) groups is 1. The Bertz CT molecular complexity index is 973. The van der Waals surface area contributed by atoms with E-state index in [9.17, 15) is 14.7 Å². The first-order chi connectivity index (χ1) is 17.5. The van der Waals surface area contributed by atoms with E-state index in [1.807, 2.05) is 42.5 Å². The van der Waals surface area contributed by atoms with Crippen molar-refractivity contribution in [1.82, 2.24) is 5.48 Å². The van der Waals surface area contributed by atoms with Crippen LogP contribution in [-0.4, -0.2) is 51.5 Å². The maximum absolute atomic E-state index is 12.3. The number of hydrogen-bond acceptors (Lipinski definition) is 8. The number of hydrogen-bond donors (Lipinski definition) is 5. The van der Waals surface area contributed by atoms with E-state index in [0.717, 1.165) is 22.4 Å². The Labute approximate surface area is 215 Å². The van der Waals surface area contributed by atoms with E-state index < -0.39 is 12.2 Å². The molecule has 10 heteroatoms. The van der Waals surface area contributed by atoms with Gasteiger partial charge in [-0.25, -0.2) is 5.48 Å². The Morgan fingerprint density at radius 3 is 2.42 bits per heavy atom. The van der Waals surface area contributed by atoms with Crippen molar-refractivity contribution in [3.05, 3.63) is 65.2 Å². The van der Waals surface area contributed by atoms with Crippen LogP contribution in [0.25, 0.3) is 0 Å². The molecule has 2 aromatic rings. The first-order valence-corrected chi connectivity index (χ1v) is 13.2. The summed E-state index contributed by atoms with van der Waals surface area (Å²) in [5, 5.41) is 29.9. The minimum absolute atomic E-state index is 0.0194. The first kappa shape index (κ1) is 28.1. The molecule has 5 N–H and O–H groups in total. The summed E-state index contributed by atoms with van der Waals surface area (Å²) in [6.45, 7) is 0.0915. The number of benzene rings is 2. The molecule has 196 valence electrons. The van der Waals surface area contributed by atoms with Gasteiger partial charge < -0.3 is 25.0 Å². The molecule has 1 fully saturated rings. The zero-order valence-electron chi connectivity index (χ0n) is 20.1. The van der Waals surface area contributed by atoms with Crippen molar-refractivity contribution in [3.8, 4) is 0 Å². The van der Waals surface area contributed by atoms with Crippen molar-refractivity contribution in [2.24, 2.45) is 0 Å². The summed E-state index contributed by atoms with van der Waals surface area (Å²) in [4.78, 5) is 23.4. The molecule has 9 nitrogen and oxygen atoms in total. The number of rotatable bonds is 13. The fourth-order valence-corrected chi connectivity index (χ4v) is 4.69. The molecule has 0 aromatic heterocycles. The van der Waals surface area contributed by atoms with E-state index in [1.54, 1.807) is 23.3 Å². The van der Waals surface area contributed by atoms with E-state index in [4.69, 9.17) is 19.8 Å². The van der Waals surface area contributed by atoms with E-state index in [1.165, 1.54) is 0 Å². The van der Waals surface area contributed by atoms with Gasteiger partial charge in [-0.2, -0.15) is 11.8 Å². The molecule has 0 unspecified atom stereocenters. The van der Waals surface area contributed by atoms with Gasteiger partial charge in [0.2, 0.25) is 11.8 Å². The number of nitrogens with one attached hydrogen (secondary N) is 2. The highest BCUT2D eigenvalue weighted by molar-refractivity contribution is 7.99. The topological polar surface area (TPSA) is 137 Å². The summed E-state index contributed by atoms with van der Waals surface area (Å²) in [7, 11) is 0. The van der Waals surface area contributed by atoms with Gasteiger partial charge in [-0.3, -0.25) is 14.8 Å². The third-order valence-corrected chi connectivity index (χ3v) is 6.86. The number of hydroxylamine groups is 1. The number of aliphatic hydroxyl groups is 2. The van der Waals surface area contributed by atoms with Gasteiger partial charge in [0.05, 0.1) is 25.4 Å². The smallest absolute Gasteiger partial charge is 0.243 e. The molecule has 0 bridgehead atoms. The van der Waals surface area contributed by atoms with Crippen LogP contribution < -0.4 is 10.8 Å². The SMILES string of the molecule is O=C(CCCCC(=O)Nc1cccc([C@@H]2O[C@H](CSCCO)C[C@H](c3ccc(CO)cc3)O2)c1)NO. The number of unbranched alkanes of at least 4 members (excludes halogenated alkanes) is 1. The molecule has 1 heterocycles. The lowest BCUT2D eigenvalue weighted by atomic mass is 10.0. The van der Waals surface area contributed by atoms with Gasteiger partial charge in [-0.15, -0.1) is 0 Å². The van der Waals surface area contributed by atoms with E-state index in [-0.39, 0.29) is 44.2 Å². The monoisotopic (exact) mass is 518 g/mol. The zero-order valence-corrected chi connectivity index (χ0v) is 20.9. The van der Waals surface area contributed by atoms with Crippen LogP contribution >= 0.6 is 11.8 Å². The van der Waals surface area contributed by atoms with Crippen molar-refractivity contribution in [2.75, 3.05) is 23.4 Å². The Balaban J connectivity index is 1.65. The average Bonchev–Trinajstić information content (AvgIpc) is 2.91. The molecule has 0 spiro atoms. The van der Waals surface area contributed by atoms with E-state index >= 15 is 0 Å². The van der Waals surface area contributed by atoms with Crippen molar-refractivity contribution >= 4 is 29.3 Å². The quantitative estimate of drug-likeness (QED) is 0.154. The normalized spacial score (nSPS) is 19.6. The molecule has 2 amide bonds. The van der Waals surface area contributed by atoms with Crippen LogP contribution in [0.15, 0.2) is 48.5 Å². The number of ether oxygens (including phenoxy) is 2. The fraction of sp³-hybridized carbons (Fsp3) is 0.462. The number of anilines is 1. The van der Waals surface area contributed by atoms with Crippen LogP contribution in [0.1, 0.15) is 61.2 Å². The zero-order chi connectivity index (χ0) is 25.8. The van der Waals surface area contributed by atoms with Gasteiger partial charge in [0.1, 0.15) is 0 Å². The van der Waals surface area contributed by atoms with E-state index in [2.05, 4.69) is 5.32 Å². The van der Waals surface area contributed by atoms with Crippen LogP contribution in [0.3, 0.4) is 0 Å². The molecule has 0 radical (unpaired) electrons. The predicted molar refractivity (Wildman–Crippen MR) is 136 cm³/mol. The molecule has 1 aliphatic rings. The number of carbonyl (C=O) groups excluding carboxylic acids is 2. The van der Waals surface area contributed by atoms with E-state index in [0.29, 0.717) is 30.7 Å². The minimum Gasteiger partial charge on any atom is -0.396 e. The predicted octanol–water partition coefficient (Wildman–Crippen LogP) is 3.45. The summed E-state index contributed by atoms with van der Waals surface area (Å²) in [5.74, 6) is 0.720. The number of amides is 2. The summed E-state index contributed by atoms with van der Waals surface area (Å²) in [6, 6.07) is 15.0. The lowest BCUT2D eigenvalue weighted by molar-refractivity contribution is -0.245. The van der Waals surface area contributed by atoms with Crippen molar-refractivity contribution in [2.45, 2.75) is 57.2 Å². The van der Waals surface area contributed by atoms with Crippen LogP contribution in [0.5, 0.6) is 0 Å². The summed E-state index contributed by atoms with van der Waals surface area (Å²) >= 11 is 1.62. The third-order valence-electron chi connectivity index (χ3n) is 5.78. The van der Waals surface area contributed by atoms with Gasteiger partial charge in [-0.05, 0) is 36.1 Å². The molecule has 3 rings (SSSR count). The third kappa shape index (κ3) is 8.88. The molecule has 1 saturated heterocycles. The maximum atomic E-state index is 12.3. The average molecular weight is 519 g/mol. The molecule has 2 aromatic carbocycles. The van der Waals surface area contributed by atoms with Crippen LogP contribution in [0, 0.1) is 0 Å². The fourth-order valence-electron chi connectivity index (χ4n) is 3.92. The summed E-state index contributed by atoms with van der Waals surface area (Å²) < 4.78 is 12.6. The van der Waals surface area contributed by atoms with Gasteiger partial charge in [0.25, 0.3) is 0 Å². The second-order valence-electron chi connectivity index (χ2n) is 8.56. The largest absolute Gasteiger partial charge is 0.396 e. The van der Waals surface area contributed by atoms with Crippen LogP contribution in [0.2, 0.25) is 0 Å². The number of carbonyl (C=O) groups is 2. The molecule has 36 heavy (non-hydrogen) atoms. The second kappa shape index (κ2) is 14.9. The lowest BCUT2D eigenvalue weighted by Gasteiger charge is -2.36. The standard InChI is InChI=1S/C26H34N2O7S/c29-12-13-36-17-22-15-23(19-10-8-18(16-30)9-11-19)35-26(34-22)20-4-3-5-21(14-20)27-24(31)6-1-2-7-25(32)28-33/h3-5,8-11,14,22-23,26,29-30,33H,1-2,6-7,12-13,15-17H2,(H,27,31)(H,28,32)/t22-,23+,26+/m0/s1. The first-order valence-electron chi connectivity index (χ1n) is 12.0. The highest BCUT2D eigenvalue weighted by Gasteiger charge is 2.32. The lowest BCUT2D eigenvalue weighted by Crippen LogP contribution is -2.31. The maximum Gasteiger partial charge on any atom is 0.243 e. The van der Waals surface area contributed by atoms with Crippen LogP contribution in [0.4, 0.5) is 5.69 Å². The van der Waals surface area contributed by atoms with Crippen molar-refractivity contribution < 1.29 is 34.5 Å². The second-order valence-corrected chi connectivity index (χ2v) is 9.71. The van der Waals surface area contributed by atoms with Crippen LogP contribution in [-0.2, 0) is 25.7 Å². The van der Waals surface area contributed by atoms with Crippen molar-refractivity contribution in [1.29, 1.82) is 0 Å². The molecule has 1 aliphatic heterocycles. The molecule has 0 aliphatic carbocycles. The Morgan fingerprint density at radius 1 is 0.972 bits per heavy atom. The Kier molecular flexibility index (Phi) is 11.7. The highest BCUT2D eigenvalue weighted by Crippen LogP contribution is 2.39.